The van der Waals surface area contributed by atoms with Gasteiger partial charge in [-0.15, -0.1) is 0 Å². The van der Waals surface area contributed by atoms with Gasteiger partial charge in [-0.05, 0) is 40.0 Å². The molecule has 0 spiro atoms. The second kappa shape index (κ2) is 10.2. The molecule has 0 amide bonds. The second-order valence-electron chi connectivity index (χ2n) is 8.13. The summed E-state index contributed by atoms with van der Waals surface area (Å²) in [6, 6.07) is 4.71. The number of benzene rings is 1. The Morgan fingerprint density at radius 1 is 1.28 bits per heavy atom. The highest BCUT2D eigenvalue weighted by atomic mass is 16.5. The van der Waals surface area contributed by atoms with E-state index >= 15 is 0 Å². The van der Waals surface area contributed by atoms with Crippen LogP contribution in [-0.2, 0) is 13.0 Å². The Morgan fingerprint density at radius 2 is 2.03 bits per heavy atom. The van der Waals surface area contributed by atoms with Crippen molar-refractivity contribution in [3.8, 4) is 11.5 Å². The Morgan fingerprint density at radius 3 is 2.72 bits per heavy atom. The van der Waals surface area contributed by atoms with Crippen LogP contribution in [0.1, 0.15) is 31.9 Å². The number of hydrogen-bond acceptors (Lipinski definition) is 5. The maximum absolute atomic E-state index is 5.93. The first-order valence-corrected chi connectivity index (χ1v) is 10.8. The van der Waals surface area contributed by atoms with Crippen LogP contribution in [0.15, 0.2) is 17.1 Å². The third-order valence-electron chi connectivity index (χ3n) is 5.78. The van der Waals surface area contributed by atoms with Gasteiger partial charge in [-0.1, -0.05) is 0 Å². The van der Waals surface area contributed by atoms with Crippen LogP contribution in [0.2, 0.25) is 0 Å². The van der Waals surface area contributed by atoms with Crippen LogP contribution in [0.3, 0.4) is 0 Å². The predicted molar refractivity (Wildman–Crippen MR) is 118 cm³/mol. The molecule has 1 aromatic carbocycles. The molecular formula is C22H37N5O2. The summed E-state index contributed by atoms with van der Waals surface area (Å²) in [5.41, 5.74) is 2.32. The highest BCUT2D eigenvalue weighted by molar-refractivity contribution is 5.79. The van der Waals surface area contributed by atoms with Crippen LogP contribution in [0.25, 0.3) is 0 Å². The van der Waals surface area contributed by atoms with Crippen LogP contribution in [0.4, 0.5) is 0 Å². The molecule has 7 nitrogen and oxygen atoms in total. The van der Waals surface area contributed by atoms with Gasteiger partial charge in [0.2, 0.25) is 0 Å². The first-order chi connectivity index (χ1) is 14.0. The van der Waals surface area contributed by atoms with E-state index in [1.807, 2.05) is 14.0 Å². The number of ether oxygens (including phenoxy) is 2. The van der Waals surface area contributed by atoms with Crippen LogP contribution in [-0.4, -0.2) is 81.3 Å². The first kappa shape index (κ1) is 21.7. The molecule has 2 unspecified atom stereocenters. The lowest BCUT2D eigenvalue weighted by Crippen LogP contribution is -2.52. The van der Waals surface area contributed by atoms with E-state index < -0.39 is 0 Å². The largest absolute Gasteiger partial charge is 0.494 e. The van der Waals surface area contributed by atoms with Crippen LogP contribution in [0, 0.1) is 0 Å². The quantitative estimate of drug-likeness (QED) is 0.534. The lowest BCUT2D eigenvalue weighted by atomic mass is 10.1. The number of fused-ring (bicyclic) bond motifs is 1. The predicted octanol–water partition coefficient (Wildman–Crippen LogP) is 1.71. The van der Waals surface area contributed by atoms with Gasteiger partial charge < -0.3 is 25.0 Å². The Hall–Kier alpha value is -1.99. The fourth-order valence-electron chi connectivity index (χ4n) is 3.95. The smallest absolute Gasteiger partial charge is 0.191 e. The Bertz CT molecular complexity index is 701. The van der Waals surface area contributed by atoms with Crippen molar-refractivity contribution in [2.75, 3.05) is 53.4 Å². The normalized spacial score (nSPS) is 21.4. The molecule has 0 saturated carbocycles. The fraction of sp³-hybridized carbons (Fsp3) is 0.682. The van der Waals surface area contributed by atoms with Crippen molar-refractivity contribution in [2.45, 2.75) is 45.9 Å². The molecule has 2 N–H and O–H groups in total. The standard InChI is InChI=1S/C22H37N5O2/c1-6-28-20-12-18-11-17(3)29-21(18)13-19(20)15-25-22(23-4)24-14-16(2)27-9-7-26(5)8-10-27/h12-13,16-17H,6-11,14-15H2,1-5H3,(H2,23,24,25). The van der Waals surface area contributed by atoms with Gasteiger partial charge in [0, 0.05) is 69.9 Å². The van der Waals surface area contributed by atoms with Crippen molar-refractivity contribution in [1.29, 1.82) is 0 Å². The van der Waals surface area contributed by atoms with Gasteiger partial charge in [0.15, 0.2) is 5.96 Å². The van der Waals surface area contributed by atoms with Gasteiger partial charge >= 0.3 is 0 Å². The molecule has 2 atom stereocenters. The summed E-state index contributed by atoms with van der Waals surface area (Å²) in [6.45, 7) is 13.1. The number of rotatable bonds is 7. The van der Waals surface area contributed by atoms with E-state index in [1.54, 1.807) is 0 Å². The van der Waals surface area contributed by atoms with Crippen LogP contribution >= 0.6 is 0 Å². The number of nitrogens with one attached hydrogen (secondary N) is 2. The molecule has 2 aliphatic rings. The van der Waals surface area contributed by atoms with Gasteiger partial charge in [-0.2, -0.15) is 0 Å². The number of nitrogens with zero attached hydrogens (tertiary/aromatic N) is 3. The summed E-state index contributed by atoms with van der Waals surface area (Å²) in [7, 11) is 4.00. The minimum Gasteiger partial charge on any atom is -0.494 e. The van der Waals surface area contributed by atoms with Crippen molar-refractivity contribution >= 4 is 5.96 Å². The number of likely N-dealkylation sites (N-methyl/N-ethyl adjacent to an activating group) is 1. The molecule has 29 heavy (non-hydrogen) atoms. The Kier molecular flexibility index (Phi) is 7.61. The van der Waals surface area contributed by atoms with Crippen molar-refractivity contribution in [2.24, 2.45) is 4.99 Å². The van der Waals surface area contributed by atoms with Crippen molar-refractivity contribution in [1.82, 2.24) is 20.4 Å². The van der Waals surface area contributed by atoms with Gasteiger partial charge in [0.05, 0.1) is 6.61 Å². The summed E-state index contributed by atoms with van der Waals surface area (Å²) >= 11 is 0. The van der Waals surface area contributed by atoms with Gasteiger partial charge in [0.25, 0.3) is 0 Å². The van der Waals surface area contributed by atoms with Crippen molar-refractivity contribution in [3.05, 3.63) is 23.3 Å². The summed E-state index contributed by atoms with van der Waals surface area (Å²) in [5.74, 6) is 2.71. The van der Waals surface area contributed by atoms with E-state index in [0.29, 0.717) is 19.2 Å². The second-order valence-corrected chi connectivity index (χ2v) is 8.13. The van der Waals surface area contributed by atoms with Crippen LogP contribution in [0.5, 0.6) is 11.5 Å². The maximum Gasteiger partial charge on any atom is 0.191 e. The van der Waals surface area contributed by atoms with Gasteiger partial charge in [-0.3, -0.25) is 9.89 Å². The number of piperazine rings is 1. The average Bonchev–Trinajstić information content (AvgIpc) is 3.07. The number of hydrogen-bond donors (Lipinski definition) is 2. The molecule has 7 heteroatoms. The third-order valence-corrected chi connectivity index (χ3v) is 5.78. The molecule has 2 heterocycles. The number of aliphatic imine (C=N–C) groups is 1. The zero-order chi connectivity index (χ0) is 20.8. The highest BCUT2D eigenvalue weighted by Crippen LogP contribution is 2.35. The molecular weight excluding hydrogens is 366 g/mol. The van der Waals surface area contributed by atoms with Crippen LogP contribution < -0.4 is 20.1 Å². The third kappa shape index (κ3) is 5.76. The minimum atomic E-state index is 0.230. The van der Waals surface area contributed by atoms with E-state index in [4.69, 9.17) is 9.47 Å². The van der Waals surface area contributed by atoms with E-state index in [2.05, 4.69) is 58.5 Å². The Labute approximate surface area is 175 Å². The minimum absolute atomic E-state index is 0.230. The maximum atomic E-state index is 5.93. The molecule has 0 aliphatic carbocycles. The zero-order valence-electron chi connectivity index (χ0n) is 18.6. The van der Waals surface area contributed by atoms with Crippen molar-refractivity contribution in [3.63, 3.8) is 0 Å². The summed E-state index contributed by atoms with van der Waals surface area (Å²) in [6.07, 6.45) is 1.17. The molecule has 162 valence electrons. The van der Waals surface area contributed by atoms with Crippen molar-refractivity contribution < 1.29 is 9.47 Å². The van der Waals surface area contributed by atoms with E-state index in [1.165, 1.54) is 5.56 Å². The van der Waals surface area contributed by atoms with Gasteiger partial charge in [-0.25, -0.2) is 0 Å². The zero-order valence-corrected chi connectivity index (χ0v) is 18.6. The monoisotopic (exact) mass is 403 g/mol. The van der Waals surface area contributed by atoms with E-state index in [0.717, 1.165) is 62.2 Å². The molecule has 1 saturated heterocycles. The summed E-state index contributed by atoms with van der Waals surface area (Å²) in [5, 5.41) is 6.90. The molecule has 0 bridgehead atoms. The lowest BCUT2D eigenvalue weighted by molar-refractivity contribution is 0.120. The Balaban J connectivity index is 1.54. The lowest BCUT2D eigenvalue weighted by Gasteiger charge is -2.36. The molecule has 1 fully saturated rings. The average molecular weight is 404 g/mol. The van der Waals surface area contributed by atoms with E-state index in [-0.39, 0.29) is 6.10 Å². The summed E-state index contributed by atoms with van der Waals surface area (Å²) < 4.78 is 11.8. The van der Waals surface area contributed by atoms with E-state index in [9.17, 15) is 0 Å². The summed E-state index contributed by atoms with van der Waals surface area (Å²) in [4.78, 5) is 9.31. The topological polar surface area (TPSA) is 61.4 Å². The molecule has 0 aromatic heterocycles. The number of guanidine groups is 1. The highest BCUT2D eigenvalue weighted by Gasteiger charge is 2.22. The van der Waals surface area contributed by atoms with Gasteiger partial charge in [0.1, 0.15) is 17.6 Å². The fourth-order valence-corrected chi connectivity index (χ4v) is 3.95. The SMILES string of the molecule is CCOc1cc2c(cc1CNC(=NC)NCC(C)N1CCN(C)CC1)OC(C)C2. The molecule has 0 radical (unpaired) electrons. The molecule has 2 aliphatic heterocycles. The molecule has 3 rings (SSSR count). The first-order valence-electron chi connectivity index (χ1n) is 10.8. The molecule has 1 aromatic rings.